The average molecular weight is 306 g/mol. The first kappa shape index (κ1) is 15.9. The molecule has 0 saturated carbocycles. The molecule has 2 aliphatic heterocycles. The molecule has 0 radical (unpaired) electrons. The zero-order valence-corrected chi connectivity index (χ0v) is 14.1. The van der Waals surface area contributed by atoms with Gasteiger partial charge in [-0.15, -0.1) is 0 Å². The van der Waals surface area contributed by atoms with Gasteiger partial charge in [0.25, 0.3) is 0 Å². The zero-order chi connectivity index (χ0) is 15.4. The fourth-order valence-electron chi connectivity index (χ4n) is 3.84. The maximum Gasteiger partial charge on any atom is 0.243 e. The van der Waals surface area contributed by atoms with E-state index in [1.807, 2.05) is 0 Å². The smallest absolute Gasteiger partial charge is 0.243 e. The second-order valence-corrected chi connectivity index (χ2v) is 6.84. The van der Waals surface area contributed by atoms with E-state index in [0.717, 1.165) is 43.7 Å². The van der Waals surface area contributed by atoms with E-state index < -0.39 is 0 Å². The second kappa shape index (κ2) is 7.55. The van der Waals surface area contributed by atoms with Gasteiger partial charge in [0.2, 0.25) is 5.89 Å². The Hall–Kier alpha value is -0.940. The Labute approximate surface area is 134 Å². The minimum absolute atomic E-state index is 0.250. The van der Waals surface area contributed by atoms with E-state index in [1.54, 1.807) is 0 Å². The summed E-state index contributed by atoms with van der Waals surface area (Å²) < 4.78 is 5.46. The van der Waals surface area contributed by atoms with E-state index in [-0.39, 0.29) is 6.04 Å². The zero-order valence-electron chi connectivity index (χ0n) is 14.1. The van der Waals surface area contributed by atoms with Crippen molar-refractivity contribution in [2.24, 2.45) is 0 Å². The molecule has 2 fully saturated rings. The third-order valence-electron chi connectivity index (χ3n) is 5.27. The average Bonchev–Trinajstić information content (AvgIpc) is 3.04. The molecule has 2 aliphatic rings. The Kier molecular flexibility index (Phi) is 5.47. The van der Waals surface area contributed by atoms with E-state index in [1.165, 1.54) is 45.2 Å². The van der Waals surface area contributed by atoms with Crippen LogP contribution in [0.5, 0.6) is 0 Å². The van der Waals surface area contributed by atoms with Crippen LogP contribution in [0.3, 0.4) is 0 Å². The molecule has 0 unspecified atom stereocenters. The molecular formula is C17H30N4O. The van der Waals surface area contributed by atoms with Gasteiger partial charge in [-0.1, -0.05) is 18.5 Å². The van der Waals surface area contributed by atoms with E-state index >= 15 is 0 Å². The highest BCUT2D eigenvalue weighted by Gasteiger charge is 2.29. The number of piperidine rings is 2. The number of hydrogen-bond acceptors (Lipinski definition) is 5. The van der Waals surface area contributed by atoms with Crippen molar-refractivity contribution in [3.05, 3.63) is 11.7 Å². The Bertz CT molecular complexity index is 447. The van der Waals surface area contributed by atoms with Crippen LogP contribution in [0.15, 0.2) is 4.52 Å². The maximum atomic E-state index is 5.46. The van der Waals surface area contributed by atoms with E-state index in [2.05, 4.69) is 33.8 Å². The van der Waals surface area contributed by atoms with Crippen LogP contribution in [-0.2, 0) is 6.42 Å². The summed E-state index contributed by atoms with van der Waals surface area (Å²) in [6, 6.07) is 1.04. The summed E-state index contributed by atoms with van der Waals surface area (Å²) in [4.78, 5) is 9.78. The third kappa shape index (κ3) is 3.69. The molecule has 0 amide bonds. The first-order valence-corrected chi connectivity index (χ1v) is 9.08. The van der Waals surface area contributed by atoms with Crippen LogP contribution >= 0.6 is 0 Å². The molecule has 3 heterocycles. The first-order chi connectivity index (χ1) is 10.8. The van der Waals surface area contributed by atoms with Crippen LogP contribution < -0.4 is 0 Å². The predicted octanol–water partition coefficient (Wildman–Crippen LogP) is 3.03. The lowest BCUT2D eigenvalue weighted by Crippen LogP contribution is -2.47. The molecule has 1 atom stereocenters. The Morgan fingerprint density at radius 2 is 1.86 bits per heavy atom. The second-order valence-electron chi connectivity index (χ2n) is 6.84. The fourth-order valence-corrected chi connectivity index (χ4v) is 3.84. The van der Waals surface area contributed by atoms with Gasteiger partial charge in [-0.05, 0) is 52.1 Å². The van der Waals surface area contributed by atoms with Crippen molar-refractivity contribution < 1.29 is 4.52 Å². The van der Waals surface area contributed by atoms with E-state index in [0.29, 0.717) is 0 Å². The van der Waals surface area contributed by atoms with Crippen molar-refractivity contribution in [1.82, 2.24) is 19.9 Å². The highest BCUT2D eigenvalue weighted by molar-refractivity contribution is 4.94. The monoisotopic (exact) mass is 306 g/mol. The van der Waals surface area contributed by atoms with Crippen molar-refractivity contribution in [2.75, 3.05) is 26.2 Å². The fraction of sp³-hybridized carbons (Fsp3) is 0.882. The Morgan fingerprint density at radius 3 is 2.55 bits per heavy atom. The number of aryl methyl sites for hydroxylation is 1. The third-order valence-corrected chi connectivity index (χ3v) is 5.27. The van der Waals surface area contributed by atoms with Crippen molar-refractivity contribution in [3.63, 3.8) is 0 Å². The van der Waals surface area contributed by atoms with E-state index in [4.69, 9.17) is 4.52 Å². The lowest BCUT2D eigenvalue weighted by atomic mass is 9.99. The van der Waals surface area contributed by atoms with Gasteiger partial charge in [-0.25, -0.2) is 0 Å². The first-order valence-electron chi connectivity index (χ1n) is 9.08. The topological polar surface area (TPSA) is 45.4 Å². The molecule has 0 aromatic carbocycles. The number of nitrogens with zero attached hydrogens (tertiary/aromatic N) is 4. The van der Waals surface area contributed by atoms with Crippen LogP contribution in [0.4, 0.5) is 0 Å². The van der Waals surface area contributed by atoms with Crippen LogP contribution in [-0.4, -0.2) is 52.2 Å². The molecule has 0 N–H and O–H groups in total. The highest BCUT2D eigenvalue weighted by Crippen LogP contribution is 2.26. The molecule has 1 aromatic rings. The summed E-state index contributed by atoms with van der Waals surface area (Å²) in [5.74, 6) is 1.65. The van der Waals surface area contributed by atoms with Gasteiger partial charge >= 0.3 is 0 Å². The largest absolute Gasteiger partial charge is 0.338 e. The molecule has 3 rings (SSSR count). The minimum atomic E-state index is 0.250. The summed E-state index contributed by atoms with van der Waals surface area (Å²) in [7, 11) is 0. The molecule has 0 aliphatic carbocycles. The van der Waals surface area contributed by atoms with Crippen molar-refractivity contribution in [2.45, 2.75) is 70.9 Å². The maximum absolute atomic E-state index is 5.46. The minimum Gasteiger partial charge on any atom is -0.338 e. The summed E-state index contributed by atoms with van der Waals surface area (Å²) >= 11 is 0. The highest BCUT2D eigenvalue weighted by atomic mass is 16.5. The van der Waals surface area contributed by atoms with Crippen molar-refractivity contribution in [3.8, 4) is 0 Å². The van der Waals surface area contributed by atoms with Crippen LogP contribution in [0.2, 0.25) is 0 Å². The van der Waals surface area contributed by atoms with Crippen molar-refractivity contribution in [1.29, 1.82) is 0 Å². The quantitative estimate of drug-likeness (QED) is 0.836. The summed E-state index contributed by atoms with van der Waals surface area (Å²) in [5, 5.41) is 4.09. The lowest BCUT2D eigenvalue weighted by Gasteiger charge is -2.41. The molecular weight excluding hydrogens is 276 g/mol. The number of hydrogen-bond donors (Lipinski definition) is 0. The lowest BCUT2D eigenvalue weighted by molar-refractivity contribution is 0.0677. The molecule has 124 valence electrons. The molecule has 5 nitrogen and oxygen atoms in total. The van der Waals surface area contributed by atoms with Gasteiger partial charge in [0, 0.05) is 25.6 Å². The van der Waals surface area contributed by atoms with Crippen molar-refractivity contribution >= 4 is 0 Å². The standard InChI is InChI=1S/C17H30N4O/c1-3-7-16-18-17(22-19-16)14(2)20-12-8-15(9-13-20)21-10-5-4-6-11-21/h14-15H,3-13H2,1-2H3/t14-/m1/s1. The molecule has 2 saturated heterocycles. The summed E-state index contributed by atoms with van der Waals surface area (Å²) in [5.41, 5.74) is 0. The van der Waals surface area contributed by atoms with Crippen LogP contribution in [0.25, 0.3) is 0 Å². The number of likely N-dealkylation sites (tertiary alicyclic amines) is 2. The van der Waals surface area contributed by atoms with Gasteiger partial charge in [-0.2, -0.15) is 4.98 Å². The molecule has 5 heteroatoms. The summed E-state index contributed by atoms with van der Waals surface area (Å²) in [6.45, 7) is 9.26. The van der Waals surface area contributed by atoms with E-state index in [9.17, 15) is 0 Å². The normalized spacial score (nSPS) is 23.7. The van der Waals surface area contributed by atoms with Gasteiger partial charge in [-0.3, -0.25) is 4.90 Å². The van der Waals surface area contributed by atoms with Gasteiger partial charge in [0.05, 0.1) is 6.04 Å². The SMILES string of the molecule is CCCc1noc([C@@H](C)N2CCC(N3CCCCC3)CC2)n1. The Balaban J connectivity index is 1.51. The number of aromatic nitrogens is 2. The molecule has 0 spiro atoms. The van der Waals surface area contributed by atoms with Crippen LogP contribution in [0.1, 0.15) is 70.1 Å². The van der Waals surface area contributed by atoms with Gasteiger partial charge in [0.15, 0.2) is 5.82 Å². The molecule has 22 heavy (non-hydrogen) atoms. The van der Waals surface area contributed by atoms with Gasteiger partial charge in [0.1, 0.15) is 0 Å². The summed E-state index contributed by atoms with van der Waals surface area (Å²) in [6.07, 6.45) is 8.73. The number of rotatable bonds is 5. The van der Waals surface area contributed by atoms with Crippen LogP contribution in [0, 0.1) is 0 Å². The predicted molar refractivity (Wildman–Crippen MR) is 86.7 cm³/mol. The molecule has 0 bridgehead atoms. The molecule has 1 aromatic heterocycles. The van der Waals surface area contributed by atoms with Gasteiger partial charge < -0.3 is 9.42 Å². The Morgan fingerprint density at radius 1 is 1.14 bits per heavy atom.